The molecule has 0 aliphatic carbocycles. The fraction of sp³-hybridized carbons (Fsp3) is 0.471. The molecule has 0 unspecified atom stereocenters. The fourth-order valence-corrected chi connectivity index (χ4v) is 2.39. The molecule has 3 heteroatoms. The molecule has 1 N–H and O–H groups in total. The summed E-state index contributed by atoms with van der Waals surface area (Å²) in [6.07, 6.45) is 1.99. The van der Waals surface area contributed by atoms with Crippen LogP contribution in [0.5, 0.6) is 0 Å². The van der Waals surface area contributed by atoms with Crippen molar-refractivity contribution in [2.24, 2.45) is 0 Å². The number of aryl methyl sites for hydroxylation is 3. The third kappa shape index (κ3) is 3.10. The van der Waals surface area contributed by atoms with Gasteiger partial charge in [0.25, 0.3) is 0 Å². The van der Waals surface area contributed by atoms with Crippen LogP contribution >= 0.6 is 0 Å². The van der Waals surface area contributed by atoms with Crippen LogP contribution in [-0.2, 0) is 19.4 Å². The molecular formula is C17H25N3. The molecule has 0 saturated carbocycles. The van der Waals surface area contributed by atoms with Crippen molar-refractivity contribution in [1.29, 1.82) is 0 Å². The minimum absolute atomic E-state index is 0.933. The summed E-state index contributed by atoms with van der Waals surface area (Å²) in [5.74, 6) is 0. The Hall–Kier alpha value is -1.61. The summed E-state index contributed by atoms with van der Waals surface area (Å²) in [5, 5.41) is 8.08. The van der Waals surface area contributed by atoms with Crippen molar-refractivity contribution in [2.75, 3.05) is 6.54 Å². The van der Waals surface area contributed by atoms with Crippen LogP contribution in [0.2, 0.25) is 0 Å². The molecular weight excluding hydrogens is 246 g/mol. The van der Waals surface area contributed by atoms with Gasteiger partial charge in [-0.25, -0.2) is 4.68 Å². The van der Waals surface area contributed by atoms with E-state index < -0.39 is 0 Å². The third-order valence-corrected chi connectivity index (χ3v) is 3.69. The summed E-state index contributed by atoms with van der Waals surface area (Å²) in [7, 11) is 0. The van der Waals surface area contributed by atoms with E-state index in [2.05, 4.69) is 62.0 Å². The molecule has 0 fully saturated rings. The van der Waals surface area contributed by atoms with E-state index in [9.17, 15) is 0 Å². The Morgan fingerprint density at radius 1 is 1.10 bits per heavy atom. The zero-order valence-electron chi connectivity index (χ0n) is 13.0. The molecule has 108 valence electrons. The molecule has 0 radical (unpaired) electrons. The van der Waals surface area contributed by atoms with Crippen LogP contribution in [0.3, 0.4) is 0 Å². The highest BCUT2D eigenvalue weighted by Crippen LogP contribution is 2.18. The van der Waals surface area contributed by atoms with Gasteiger partial charge in [-0.15, -0.1) is 0 Å². The van der Waals surface area contributed by atoms with Crippen molar-refractivity contribution in [3.8, 4) is 5.69 Å². The zero-order chi connectivity index (χ0) is 14.5. The molecule has 1 aromatic carbocycles. The number of hydrogen-bond donors (Lipinski definition) is 1. The molecule has 2 rings (SSSR count). The monoisotopic (exact) mass is 271 g/mol. The quantitative estimate of drug-likeness (QED) is 0.872. The maximum Gasteiger partial charge on any atom is 0.0651 e. The van der Waals surface area contributed by atoms with E-state index in [1.807, 2.05) is 0 Å². The summed E-state index contributed by atoms with van der Waals surface area (Å²) < 4.78 is 2.09. The second-order valence-corrected chi connectivity index (χ2v) is 5.14. The van der Waals surface area contributed by atoms with Gasteiger partial charge < -0.3 is 5.32 Å². The second kappa shape index (κ2) is 6.71. The largest absolute Gasteiger partial charge is 0.313 e. The van der Waals surface area contributed by atoms with Gasteiger partial charge >= 0.3 is 0 Å². The first-order valence-electron chi connectivity index (χ1n) is 7.58. The first kappa shape index (κ1) is 14.8. The number of hydrogen-bond acceptors (Lipinski definition) is 2. The Kier molecular flexibility index (Phi) is 4.96. The Bertz CT molecular complexity index is 570. The van der Waals surface area contributed by atoms with Crippen molar-refractivity contribution in [2.45, 2.75) is 47.1 Å². The van der Waals surface area contributed by atoms with Crippen LogP contribution in [0.4, 0.5) is 0 Å². The van der Waals surface area contributed by atoms with Crippen molar-refractivity contribution in [3.05, 3.63) is 46.8 Å². The predicted octanol–water partition coefficient (Wildman–Crippen LogP) is 3.42. The highest BCUT2D eigenvalue weighted by atomic mass is 15.3. The van der Waals surface area contributed by atoms with Crippen molar-refractivity contribution in [3.63, 3.8) is 0 Å². The fourth-order valence-electron chi connectivity index (χ4n) is 2.39. The van der Waals surface area contributed by atoms with E-state index >= 15 is 0 Å². The highest BCUT2D eigenvalue weighted by molar-refractivity contribution is 5.41. The van der Waals surface area contributed by atoms with Crippen LogP contribution < -0.4 is 5.32 Å². The molecule has 0 saturated heterocycles. The maximum absolute atomic E-state index is 4.70. The molecule has 0 aliphatic rings. The number of nitrogens with zero attached hydrogens (tertiary/aromatic N) is 2. The number of rotatable bonds is 6. The molecule has 0 atom stereocenters. The van der Waals surface area contributed by atoms with Crippen molar-refractivity contribution in [1.82, 2.24) is 15.1 Å². The predicted molar refractivity (Wildman–Crippen MR) is 84.4 cm³/mol. The lowest BCUT2D eigenvalue weighted by atomic mass is 10.1. The lowest BCUT2D eigenvalue weighted by molar-refractivity contribution is 0.722. The van der Waals surface area contributed by atoms with Gasteiger partial charge in [0.05, 0.1) is 11.4 Å². The normalized spacial score (nSPS) is 11.0. The molecule has 0 bridgehead atoms. The van der Waals surface area contributed by atoms with Crippen LogP contribution in [0.1, 0.15) is 43.3 Å². The Balaban J connectivity index is 2.33. The molecule has 1 heterocycles. The van der Waals surface area contributed by atoms with Crippen LogP contribution in [0, 0.1) is 6.92 Å². The SMILES string of the molecule is CCNCc1ccc(-n2nc(CC)cc2CC)cc1C. The molecule has 0 spiro atoms. The number of nitrogens with one attached hydrogen (secondary N) is 1. The van der Waals surface area contributed by atoms with Gasteiger partial charge in [0.15, 0.2) is 0 Å². The summed E-state index contributed by atoms with van der Waals surface area (Å²) in [5.41, 5.74) is 6.28. The topological polar surface area (TPSA) is 29.9 Å². The van der Waals surface area contributed by atoms with Crippen LogP contribution in [-0.4, -0.2) is 16.3 Å². The van der Waals surface area contributed by atoms with Gasteiger partial charge in [-0.3, -0.25) is 0 Å². The lowest BCUT2D eigenvalue weighted by Crippen LogP contribution is -2.13. The average Bonchev–Trinajstić information content (AvgIpc) is 2.89. The summed E-state index contributed by atoms with van der Waals surface area (Å²) >= 11 is 0. The van der Waals surface area contributed by atoms with E-state index in [0.717, 1.165) is 31.6 Å². The van der Waals surface area contributed by atoms with E-state index in [4.69, 9.17) is 5.10 Å². The first-order valence-corrected chi connectivity index (χ1v) is 7.58. The smallest absolute Gasteiger partial charge is 0.0651 e. The average molecular weight is 271 g/mol. The molecule has 20 heavy (non-hydrogen) atoms. The maximum atomic E-state index is 4.70. The standard InChI is InChI=1S/C17H25N3/c1-5-15-11-16(6-2)20(19-15)17-9-8-14(12-18-7-3)13(4)10-17/h8-11,18H,5-7,12H2,1-4H3. The Morgan fingerprint density at radius 2 is 1.90 bits per heavy atom. The molecule has 0 aliphatic heterocycles. The summed E-state index contributed by atoms with van der Waals surface area (Å²) in [6.45, 7) is 10.6. The molecule has 0 amide bonds. The van der Waals surface area contributed by atoms with Gasteiger partial charge in [0.1, 0.15) is 0 Å². The third-order valence-electron chi connectivity index (χ3n) is 3.69. The summed E-state index contributed by atoms with van der Waals surface area (Å²) in [4.78, 5) is 0. The lowest BCUT2D eigenvalue weighted by Gasteiger charge is -2.11. The Labute approximate surface area is 122 Å². The second-order valence-electron chi connectivity index (χ2n) is 5.14. The minimum Gasteiger partial charge on any atom is -0.313 e. The number of benzene rings is 1. The van der Waals surface area contributed by atoms with Gasteiger partial charge in [-0.1, -0.05) is 26.8 Å². The Morgan fingerprint density at radius 3 is 2.50 bits per heavy atom. The summed E-state index contributed by atoms with van der Waals surface area (Å²) in [6, 6.07) is 8.82. The highest BCUT2D eigenvalue weighted by Gasteiger charge is 2.08. The van der Waals surface area contributed by atoms with Crippen LogP contribution in [0.15, 0.2) is 24.3 Å². The van der Waals surface area contributed by atoms with Gasteiger partial charge in [0.2, 0.25) is 0 Å². The van der Waals surface area contributed by atoms with E-state index in [0.29, 0.717) is 0 Å². The zero-order valence-corrected chi connectivity index (χ0v) is 13.0. The van der Waals surface area contributed by atoms with Gasteiger partial charge in [-0.2, -0.15) is 5.10 Å². The van der Waals surface area contributed by atoms with Crippen LogP contribution in [0.25, 0.3) is 5.69 Å². The van der Waals surface area contributed by atoms with Gasteiger partial charge in [0, 0.05) is 12.2 Å². The van der Waals surface area contributed by atoms with E-state index in [1.54, 1.807) is 0 Å². The first-order chi connectivity index (χ1) is 9.69. The molecule has 3 nitrogen and oxygen atoms in total. The molecule has 1 aromatic heterocycles. The van der Waals surface area contributed by atoms with Crippen molar-refractivity contribution < 1.29 is 0 Å². The van der Waals surface area contributed by atoms with Crippen molar-refractivity contribution >= 4 is 0 Å². The number of aromatic nitrogens is 2. The minimum atomic E-state index is 0.933. The van der Waals surface area contributed by atoms with E-state index in [-0.39, 0.29) is 0 Å². The van der Waals surface area contributed by atoms with E-state index in [1.165, 1.54) is 22.5 Å². The van der Waals surface area contributed by atoms with Gasteiger partial charge in [-0.05, 0) is 55.6 Å². The molecule has 2 aromatic rings.